The molecule has 1 aliphatic rings. The van der Waals surface area contributed by atoms with Gasteiger partial charge in [0.15, 0.2) is 0 Å². The molecule has 0 amide bonds. The van der Waals surface area contributed by atoms with Crippen LogP contribution in [0.3, 0.4) is 0 Å². The van der Waals surface area contributed by atoms with Gasteiger partial charge in [-0.2, -0.15) is 0 Å². The van der Waals surface area contributed by atoms with Gasteiger partial charge in [0.2, 0.25) is 11.6 Å². The molecule has 7 nitrogen and oxygen atoms in total. The summed E-state index contributed by atoms with van der Waals surface area (Å²) in [4.78, 5) is 46.0. The third-order valence-electron chi connectivity index (χ3n) is 3.23. The van der Waals surface area contributed by atoms with E-state index in [4.69, 9.17) is 10.3 Å². The second-order valence-corrected chi connectivity index (χ2v) is 4.79. The Morgan fingerprint density at radius 2 is 2.10 bits per heavy atom. The first kappa shape index (κ1) is 15.9. The monoisotopic (exact) mass is 281 g/mol. The number of oxime groups is 1. The minimum absolute atomic E-state index is 0.107. The molecule has 108 valence electrons. The number of allylic oxidation sites excluding steroid dienone is 2. The van der Waals surface area contributed by atoms with Crippen molar-refractivity contribution in [3.63, 3.8) is 0 Å². The summed E-state index contributed by atoms with van der Waals surface area (Å²) in [7, 11) is 0. The molecule has 1 aliphatic carbocycles. The third-order valence-corrected chi connectivity index (χ3v) is 3.23. The summed E-state index contributed by atoms with van der Waals surface area (Å²) in [6.45, 7) is 1.06. The number of nitrogens with zero attached hydrogens (tertiary/aromatic N) is 1. The molecule has 0 fully saturated rings. The summed E-state index contributed by atoms with van der Waals surface area (Å²) in [6.07, 6.45) is 2.96. The van der Waals surface area contributed by atoms with Crippen molar-refractivity contribution in [3.05, 3.63) is 12.2 Å². The van der Waals surface area contributed by atoms with E-state index in [1.165, 1.54) is 13.0 Å². The van der Waals surface area contributed by atoms with Gasteiger partial charge < -0.3 is 10.3 Å². The molecule has 7 heteroatoms. The van der Waals surface area contributed by atoms with Gasteiger partial charge in [0, 0.05) is 18.9 Å². The molecule has 0 aromatic heterocycles. The number of carbonyl (C=O) groups is 4. The van der Waals surface area contributed by atoms with E-state index in [1.807, 2.05) is 0 Å². The van der Waals surface area contributed by atoms with E-state index < -0.39 is 34.5 Å². The fourth-order valence-corrected chi connectivity index (χ4v) is 2.03. The summed E-state index contributed by atoms with van der Waals surface area (Å²) in [6, 6.07) is 0. The molecule has 1 rings (SSSR count). The Bertz CT molecular complexity index is 507. The molecule has 2 N–H and O–H groups in total. The van der Waals surface area contributed by atoms with Crippen LogP contribution in [0.15, 0.2) is 17.3 Å². The Morgan fingerprint density at radius 3 is 2.65 bits per heavy atom. The van der Waals surface area contributed by atoms with Crippen LogP contribution in [0.2, 0.25) is 0 Å². The van der Waals surface area contributed by atoms with Gasteiger partial charge in [-0.15, -0.1) is 5.16 Å². The average Bonchev–Trinajstić information content (AvgIpc) is 2.40. The van der Waals surface area contributed by atoms with Crippen LogP contribution in [-0.2, 0) is 19.2 Å². The smallest absolute Gasteiger partial charge is 0.268 e. The van der Waals surface area contributed by atoms with Crippen molar-refractivity contribution in [1.29, 1.82) is 0 Å². The normalized spacial score (nSPS) is 22.3. The molecule has 2 unspecified atom stereocenters. The van der Waals surface area contributed by atoms with Gasteiger partial charge in [0.25, 0.3) is 5.78 Å². The SMILES string of the molecule is CC(C=NO)(CC1C=CC(=O)C(=O)C1=O)C(=O)CCO. The Balaban J connectivity index is 3.00. The van der Waals surface area contributed by atoms with Crippen LogP contribution in [0.4, 0.5) is 0 Å². The molecule has 2 atom stereocenters. The minimum atomic E-state index is -1.30. The van der Waals surface area contributed by atoms with Gasteiger partial charge in [0.1, 0.15) is 5.78 Å². The number of aliphatic hydroxyl groups is 1. The van der Waals surface area contributed by atoms with Crippen LogP contribution in [0, 0.1) is 11.3 Å². The second-order valence-electron chi connectivity index (χ2n) is 4.79. The van der Waals surface area contributed by atoms with Gasteiger partial charge in [-0.25, -0.2) is 0 Å². The molecule has 0 bridgehead atoms. The largest absolute Gasteiger partial charge is 0.411 e. The van der Waals surface area contributed by atoms with Gasteiger partial charge in [-0.1, -0.05) is 6.08 Å². The Hall–Kier alpha value is -2.15. The van der Waals surface area contributed by atoms with Crippen LogP contribution >= 0.6 is 0 Å². The molecular formula is C13H15NO6. The predicted molar refractivity (Wildman–Crippen MR) is 67.4 cm³/mol. The number of hydrogen-bond acceptors (Lipinski definition) is 7. The summed E-state index contributed by atoms with van der Waals surface area (Å²) < 4.78 is 0. The van der Waals surface area contributed by atoms with Crippen LogP contribution < -0.4 is 0 Å². The molecule has 0 radical (unpaired) electrons. The Morgan fingerprint density at radius 1 is 1.45 bits per heavy atom. The second kappa shape index (κ2) is 6.33. The minimum Gasteiger partial charge on any atom is -0.411 e. The number of hydrogen-bond donors (Lipinski definition) is 2. The van der Waals surface area contributed by atoms with Gasteiger partial charge >= 0.3 is 0 Å². The lowest BCUT2D eigenvalue weighted by Crippen LogP contribution is -2.39. The summed E-state index contributed by atoms with van der Waals surface area (Å²) >= 11 is 0. The molecule has 0 saturated carbocycles. The van der Waals surface area contributed by atoms with Crippen LogP contribution in [0.1, 0.15) is 19.8 Å². The first-order valence-electron chi connectivity index (χ1n) is 5.99. The maximum Gasteiger partial charge on any atom is 0.268 e. The number of aliphatic hydroxyl groups excluding tert-OH is 1. The number of ketones is 4. The summed E-state index contributed by atoms with van der Waals surface area (Å²) in [5.74, 6) is -4.23. The quantitative estimate of drug-likeness (QED) is 0.298. The molecule has 0 aromatic carbocycles. The average molecular weight is 281 g/mol. The van der Waals surface area contributed by atoms with Crippen LogP contribution in [0.5, 0.6) is 0 Å². The maximum atomic E-state index is 11.9. The lowest BCUT2D eigenvalue weighted by molar-refractivity contribution is -0.144. The van der Waals surface area contributed by atoms with Crippen LogP contribution in [0.25, 0.3) is 0 Å². The fourth-order valence-electron chi connectivity index (χ4n) is 2.03. The standard InChI is InChI=1S/C13H15NO6/c1-13(7-14-20,10(17)4-5-15)6-8-2-3-9(16)12(19)11(8)18/h2-3,7-8,15,20H,4-6H2,1H3. The van der Waals surface area contributed by atoms with Crippen molar-refractivity contribution in [2.45, 2.75) is 19.8 Å². The van der Waals surface area contributed by atoms with Crippen molar-refractivity contribution in [3.8, 4) is 0 Å². The highest BCUT2D eigenvalue weighted by Gasteiger charge is 2.39. The summed E-state index contributed by atoms with van der Waals surface area (Å²) in [5, 5.41) is 20.3. The van der Waals surface area contributed by atoms with E-state index in [9.17, 15) is 19.2 Å². The molecular weight excluding hydrogens is 266 g/mol. The highest BCUT2D eigenvalue weighted by molar-refractivity contribution is 6.67. The topological polar surface area (TPSA) is 121 Å². The first-order valence-corrected chi connectivity index (χ1v) is 5.99. The Labute approximate surface area is 115 Å². The first-order chi connectivity index (χ1) is 9.35. The number of rotatable bonds is 6. The van der Waals surface area contributed by atoms with Gasteiger partial charge in [-0.3, -0.25) is 19.2 Å². The molecule has 0 spiro atoms. The lowest BCUT2D eigenvalue weighted by atomic mass is 9.74. The van der Waals surface area contributed by atoms with E-state index >= 15 is 0 Å². The van der Waals surface area contributed by atoms with E-state index in [-0.39, 0.29) is 19.4 Å². The molecule has 0 heterocycles. The van der Waals surface area contributed by atoms with Crippen molar-refractivity contribution in [2.75, 3.05) is 6.61 Å². The van der Waals surface area contributed by atoms with E-state index in [1.54, 1.807) is 0 Å². The van der Waals surface area contributed by atoms with Crippen molar-refractivity contribution >= 4 is 29.3 Å². The zero-order chi connectivity index (χ0) is 15.3. The van der Waals surface area contributed by atoms with Crippen molar-refractivity contribution < 1.29 is 29.5 Å². The highest BCUT2D eigenvalue weighted by atomic mass is 16.4. The lowest BCUT2D eigenvalue weighted by Gasteiger charge is -2.26. The zero-order valence-corrected chi connectivity index (χ0v) is 10.9. The number of Topliss-reactive ketones (excluding diaryl/α,β-unsaturated/α-hetero) is 3. The van der Waals surface area contributed by atoms with E-state index in [0.717, 1.165) is 12.3 Å². The molecule has 0 aliphatic heterocycles. The molecule has 0 aromatic rings. The molecule has 0 saturated heterocycles. The predicted octanol–water partition coefficient (Wildman–Crippen LogP) is -0.312. The summed E-state index contributed by atoms with van der Waals surface area (Å²) in [5.41, 5.74) is -1.30. The Kier molecular flexibility index (Phi) is 5.04. The third kappa shape index (κ3) is 3.24. The van der Waals surface area contributed by atoms with Gasteiger partial charge in [0.05, 0.1) is 11.6 Å². The van der Waals surface area contributed by atoms with Crippen LogP contribution in [-0.4, -0.2) is 46.3 Å². The van der Waals surface area contributed by atoms with E-state index in [2.05, 4.69) is 5.16 Å². The molecule has 20 heavy (non-hydrogen) atoms. The van der Waals surface area contributed by atoms with Crippen molar-refractivity contribution in [2.24, 2.45) is 16.5 Å². The highest BCUT2D eigenvalue weighted by Crippen LogP contribution is 2.29. The van der Waals surface area contributed by atoms with E-state index in [0.29, 0.717) is 0 Å². The maximum absolute atomic E-state index is 11.9. The fraction of sp³-hybridized carbons (Fsp3) is 0.462. The zero-order valence-electron chi connectivity index (χ0n) is 10.9. The van der Waals surface area contributed by atoms with Gasteiger partial charge in [-0.05, 0) is 19.4 Å². The number of carbonyl (C=O) groups excluding carboxylic acids is 4. The van der Waals surface area contributed by atoms with Crippen molar-refractivity contribution in [1.82, 2.24) is 0 Å².